The topological polar surface area (TPSA) is 0 Å². The Hall–Kier alpha value is -2.00. The molecule has 150 valence electrons. The minimum absolute atomic E-state index is 0.0556. The highest BCUT2D eigenvalue weighted by atomic mass is 14.4. The Kier molecular flexibility index (Phi) is 7.94. The van der Waals surface area contributed by atoms with Crippen molar-refractivity contribution in [3.05, 3.63) is 70.4 Å². The lowest BCUT2D eigenvalue weighted by molar-refractivity contribution is 0.499. The second kappa shape index (κ2) is 9.97. The second-order valence-electron chi connectivity index (χ2n) is 8.75. The first-order chi connectivity index (χ1) is 13.4. The third-order valence-corrected chi connectivity index (χ3v) is 6.49. The van der Waals surface area contributed by atoms with Gasteiger partial charge in [-0.2, -0.15) is 0 Å². The van der Waals surface area contributed by atoms with E-state index in [4.69, 9.17) is 6.42 Å². The molecule has 0 heteroatoms. The van der Waals surface area contributed by atoms with Crippen molar-refractivity contribution < 1.29 is 0 Å². The first kappa shape index (κ1) is 22.3. The van der Waals surface area contributed by atoms with E-state index in [1.165, 1.54) is 27.9 Å². The molecule has 2 atom stereocenters. The molecule has 0 aromatic heterocycles. The molecule has 0 aromatic carbocycles. The third kappa shape index (κ3) is 4.70. The zero-order valence-corrected chi connectivity index (χ0v) is 18.8. The van der Waals surface area contributed by atoms with E-state index in [2.05, 4.69) is 83.9 Å². The van der Waals surface area contributed by atoms with Crippen LogP contribution in [0.2, 0.25) is 0 Å². The van der Waals surface area contributed by atoms with Crippen molar-refractivity contribution >= 4 is 0 Å². The first-order valence-electron chi connectivity index (χ1n) is 11.0. The van der Waals surface area contributed by atoms with Crippen molar-refractivity contribution in [3.63, 3.8) is 0 Å². The van der Waals surface area contributed by atoms with Gasteiger partial charge in [-0.1, -0.05) is 82.1 Å². The van der Waals surface area contributed by atoms with Crippen LogP contribution in [0.4, 0.5) is 0 Å². The summed E-state index contributed by atoms with van der Waals surface area (Å²) in [5.41, 5.74) is 7.34. The molecule has 0 heterocycles. The van der Waals surface area contributed by atoms with Crippen molar-refractivity contribution in [2.24, 2.45) is 17.3 Å². The molecule has 2 aliphatic rings. The van der Waals surface area contributed by atoms with Gasteiger partial charge >= 0.3 is 0 Å². The van der Waals surface area contributed by atoms with Crippen LogP contribution in [0, 0.1) is 29.6 Å². The van der Waals surface area contributed by atoms with Gasteiger partial charge in [0.15, 0.2) is 0 Å². The molecule has 0 bridgehead atoms. The van der Waals surface area contributed by atoms with Gasteiger partial charge in [-0.05, 0) is 79.7 Å². The van der Waals surface area contributed by atoms with Crippen molar-refractivity contribution in [1.29, 1.82) is 0 Å². The van der Waals surface area contributed by atoms with Gasteiger partial charge in [-0.15, -0.1) is 6.42 Å². The Morgan fingerprint density at radius 1 is 1.29 bits per heavy atom. The molecule has 2 unspecified atom stereocenters. The number of rotatable bonds is 6. The maximum absolute atomic E-state index is 5.60. The normalized spacial score (nSPS) is 27.2. The molecular formula is C28H38. The van der Waals surface area contributed by atoms with Crippen molar-refractivity contribution in [3.8, 4) is 12.3 Å². The molecule has 0 aliphatic heterocycles. The molecule has 28 heavy (non-hydrogen) atoms. The van der Waals surface area contributed by atoms with E-state index >= 15 is 0 Å². The lowest BCUT2D eigenvalue weighted by Crippen LogP contribution is -2.26. The van der Waals surface area contributed by atoms with Crippen LogP contribution < -0.4 is 0 Å². The van der Waals surface area contributed by atoms with Crippen LogP contribution in [0.5, 0.6) is 0 Å². The summed E-state index contributed by atoms with van der Waals surface area (Å²) in [5.74, 6) is 3.84. The van der Waals surface area contributed by atoms with Crippen LogP contribution in [-0.4, -0.2) is 0 Å². The quantitative estimate of drug-likeness (QED) is 0.325. The molecule has 2 rings (SSSR count). The van der Waals surface area contributed by atoms with Crippen LogP contribution >= 0.6 is 0 Å². The van der Waals surface area contributed by atoms with Gasteiger partial charge in [0.05, 0.1) is 0 Å². The number of allylic oxidation sites excluding steroid dienone is 12. The van der Waals surface area contributed by atoms with E-state index < -0.39 is 0 Å². The molecule has 0 spiro atoms. The van der Waals surface area contributed by atoms with Crippen molar-refractivity contribution in [2.75, 3.05) is 0 Å². The van der Waals surface area contributed by atoms with Gasteiger partial charge in [-0.25, -0.2) is 0 Å². The number of terminal acetylenes is 1. The summed E-state index contributed by atoms with van der Waals surface area (Å²) >= 11 is 0. The summed E-state index contributed by atoms with van der Waals surface area (Å²) < 4.78 is 0. The molecule has 0 nitrogen and oxygen atoms in total. The molecule has 0 amide bonds. The lowest BCUT2D eigenvalue weighted by Gasteiger charge is -2.40. The molecule has 2 aliphatic carbocycles. The number of hydrogen-bond acceptors (Lipinski definition) is 0. The van der Waals surface area contributed by atoms with Gasteiger partial charge in [0.2, 0.25) is 0 Å². The van der Waals surface area contributed by atoms with Gasteiger partial charge in [0.25, 0.3) is 0 Å². The number of hydrogen-bond donors (Lipinski definition) is 0. The van der Waals surface area contributed by atoms with Crippen LogP contribution in [0.1, 0.15) is 73.6 Å². The third-order valence-electron chi connectivity index (χ3n) is 6.49. The summed E-state index contributed by atoms with van der Waals surface area (Å²) in [6.07, 6.45) is 27.2. The summed E-state index contributed by atoms with van der Waals surface area (Å²) in [5, 5.41) is 0. The average Bonchev–Trinajstić information content (AvgIpc) is 2.66. The Labute approximate surface area is 173 Å². The summed E-state index contributed by atoms with van der Waals surface area (Å²) in [6.45, 7) is 13.9. The SMILES string of the molecule is C#C/C=C\C1=C(\C(C)CC)C/C=C\C2=C(C(C)=CCC2CC=CCC)C1(C)C. The second-order valence-corrected chi connectivity index (χ2v) is 8.75. The molecule has 0 saturated heterocycles. The van der Waals surface area contributed by atoms with Crippen molar-refractivity contribution in [1.82, 2.24) is 0 Å². The van der Waals surface area contributed by atoms with Gasteiger partial charge in [0, 0.05) is 5.41 Å². The van der Waals surface area contributed by atoms with E-state index in [0.717, 1.165) is 32.1 Å². The van der Waals surface area contributed by atoms with E-state index in [-0.39, 0.29) is 5.41 Å². The fourth-order valence-corrected chi connectivity index (χ4v) is 4.82. The summed E-state index contributed by atoms with van der Waals surface area (Å²) in [4.78, 5) is 0. The van der Waals surface area contributed by atoms with Crippen LogP contribution in [-0.2, 0) is 0 Å². The van der Waals surface area contributed by atoms with Crippen molar-refractivity contribution in [2.45, 2.75) is 73.6 Å². The molecule has 0 N–H and O–H groups in total. The zero-order chi connectivity index (χ0) is 20.7. The zero-order valence-electron chi connectivity index (χ0n) is 18.8. The van der Waals surface area contributed by atoms with Gasteiger partial charge in [0.1, 0.15) is 0 Å². The Balaban J connectivity index is 2.68. The molecular weight excluding hydrogens is 336 g/mol. The van der Waals surface area contributed by atoms with E-state index in [0.29, 0.717) is 11.8 Å². The first-order valence-corrected chi connectivity index (χ1v) is 11.0. The van der Waals surface area contributed by atoms with E-state index in [1.54, 1.807) is 0 Å². The smallest absolute Gasteiger partial charge is 0.0151 e. The summed E-state index contributed by atoms with van der Waals surface area (Å²) in [7, 11) is 0. The lowest BCUT2D eigenvalue weighted by atomic mass is 9.64. The largest absolute Gasteiger partial charge is 0.115 e. The molecule has 0 saturated carbocycles. The Morgan fingerprint density at radius 2 is 2.04 bits per heavy atom. The minimum atomic E-state index is -0.0556. The predicted molar refractivity (Wildman–Crippen MR) is 125 cm³/mol. The average molecular weight is 375 g/mol. The Bertz CT molecular complexity index is 780. The Morgan fingerprint density at radius 3 is 2.68 bits per heavy atom. The van der Waals surface area contributed by atoms with E-state index in [1.807, 2.05) is 6.08 Å². The standard InChI is InChI=1S/C28H38/c1-8-11-13-15-23-20-19-22(5)27-25(23)17-14-16-24(21(4)10-3)26(18-12-9-2)28(27,6)7/h2,11-14,17-19,21,23H,8,10,15-16,20H2,1,3-7H3/b13-11?,17-14-,18-12-,26-24-. The minimum Gasteiger partial charge on any atom is -0.115 e. The molecule has 0 radical (unpaired) electrons. The molecule has 0 aromatic rings. The van der Waals surface area contributed by atoms with Gasteiger partial charge < -0.3 is 0 Å². The maximum Gasteiger partial charge on any atom is 0.0151 e. The van der Waals surface area contributed by atoms with Crippen LogP contribution in [0.3, 0.4) is 0 Å². The van der Waals surface area contributed by atoms with E-state index in [9.17, 15) is 0 Å². The molecule has 0 fully saturated rings. The predicted octanol–water partition coefficient (Wildman–Crippen LogP) is 8.12. The summed E-state index contributed by atoms with van der Waals surface area (Å²) in [6, 6.07) is 0. The van der Waals surface area contributed by atoms with Crippen LogP contribution in [0.25, 0.3) is 0 Å². The monoisotopic (exact) mass is 374 g/mol. The fraction of sp³-hybridized carbons (Fsp3) is 0.500. The maximum atomic E-state index is 5.60. The highest BCUT2D eigenvalue weighted by molar-refractivity contribution is 5.55. The van der Waals surface area contributed by atoms with Crippen LogP contribution in [0.15, 0.2) is 70.4 Å². The van der Waals surface area contributed by atoms with Gasteiger partial charge in [-0.3, -0.25) is 0 Å². The highest BCUT2D eigenvalue weighted by Gasteiger charge is 2.36. The fourth-order valence-electron chi connectivity index (χ4n) is 4.82. The highest BCUT2D eigenvalue weighted by Crippen LogP contribution is 2.49.